The predicted octanol–water partition coefficient (Wildman–Crippen LogP) is 1.79. The monoisotopic (exact) mass is 338 g/mol. The van der Waals surface area contributed by atoms with Gasteiger partial charge in [0, 0.05) is 12.0 Å². The Labute approximate surface area is 140 Å². The van der Waals surface area contributed by atoms with Crippen LogP contribution >= 0.6 is 0 Å². The normalized spacial score (nSPS) is 12.4. The lowest BCUT2D eigenvalue weighted by molar-refractivity contribution is -0.146. The summed E-state index contributed by atoms with van der Waals surface area (Å²) in [5, 5.41) is 11.6. The van der Waals surface area contributed by atoms with Gasteiger partial charge in [-0.05, 0) is 24.6 Å². The minimum absolute atomic E-state index is 0.0150. The maximum Gasteiger partial charge on any atom is 0.323 e. The van der Waals surface area contributed by atoms with E-state index in [4.69, 9.17) is 5.11 Å². The minimum Gasteiger partial charge on any atom is -0.480 e. The van der Waals surface area contributed by atoms with Gasteiger partial charge in [-0.3, -0.25) is 14.4 Å². The third-order valence-electron chi connectivity index (χ3n) is 3.32. The second-order valence-corrected chi connectivity index (χ2v) is 6.66. The molecule has 132 valence electrons. The number of carbonyl (C=O) groups is 3. The highest BCUT2D eigenvalue weighted by molar-refractivity contribution is 5.90. The molecule has 0 aliphatic carbocycles. The number of amides is 2. The molecule has 0 saturated carbocycles. The van der Waals surface area contributed by atoms with Crippen molar-refractivity contribution in [3.05, 3.63) is 35.6 Å². The SMILES string of the molecule is CC(NC(=O)C(C)(C)C)C(=O)N(CC(=O)O)Cc1ccc(F)cc1. The summed E-state index contributed by atoms with van der Waals surface area (Å²) in [4.78, 5) is 36.6. The van der Waals surface area contributed by atoms with Crippen molar-refractivity contribution in [1.29, 1.82) is 0 Å². The second-order valence-electron chi connectivity index (χ2n) is 6.66. The van der Waals surface area contributed by atoms with Gasteiger partial charge in [0.2, 0.25) is 11.8 Å². The summed E-state index contributed by atoms with van der Waals surface area (Å²) in [6.07, 6.45) is 0. The van der Waals surface area contributed by atoms with E-state index >= 15 is 0 Å². The average molecular weight is 338 g/mol. The van der Waals surface area contributed by atoms with Crippen molar-refractivity contribution in [3.8, 4) is 0 Å². The van der Waals surface area contributed by atoms with Gasteiger partial charge < -0.3 is 15.3 Å². The first-order chi connectivity index (χ1) is 11.0. The van der Waals surface area contributed by atoms with Crippen LogP contribution in [0.2, 0.25) is 0 Å². The van der Waals surface area contributed by atoms with Gasteiger partial charge in [-0.2, -0.15) is 0 Å². The van der Waals surface area contributed by atoms with Crippen molar-refractivity contribution in [2.24, 2.45) is 5.41 Å². The first-order valence-corrected chi connectivity index (χ1v) is 7.56. The number of carboxylic acid groups (broad SMARTS) is 1. The van der Waals surface area contributed by atoms with Crippen molar-refractivity contribution in [2.45, 2.75) is 40.3 Å². The fourth-order valence-electron chi connectivity index (χ4n) is 1.93. The Morgan fingerprint density at radius 1 is 1.21 bits per heavy atom. The quantitative estimate of drug-likeness (QED) is 0.828. The first kappa shape index (κ1) is 19.6. The van der Waals surface area contributed by atoms with E-state index in [-0.39, 0.29) is 12.5 Å². The molecule has 6 nitrogen and oxygen atoms in total. The summed E-state index contributed by atoms with van der Waals surface area (Å²) in [7, 11) is 0. The average Bonchev–Trinajstić information content (AvgIpc) is 2.46. The lowest BCUT2D eigenvalue weighted by atomic mass is 9.95. The summed E-state index contributed by atoms with van der Waals surface area (Å²) < 4.78 is 13.0. The summed E-state index contributed by atoms with van der Waals surface area (Å²) in [5.74, 6) is -2.40. The highest BCUT2D eigenvalue weighted by Gasteiger charge is 2.28. The standard InChI is InChI=1S/C17H23FN2O4/c1-11(19-16(24)17(2,3)4)15(23)20(10-14(21)22)9-12-5-7-13(18)8-6-12/h5-8,11H,9-10H2,1-4H3,(H,19,24)(H,21,22). The third kappa shape index (κ3) is 5.98. The summed E-state index contributed by atoms with van der Waals surface area (Å²) >= 11 is 0. The van der Waals surface area contributed by atoms with E-state index in [9.17, 15) is 18.8 Å². The van der Waals surface area contributed by atoms with Crippen LogP contribution < -0.4 is 5.32 Å². The molecule has 0 aliphatic rings. The van der Waals surface area contributed by atoms with E-state index in [0.717, 1.165) is 4.90 Å². The molecule has 1 unspecified atom stereocenters. The Morgan fingerprint density at radius 2 is 1.75 bits per heavy atom. The molecule has 7 heteroatoms. The van der Waals surface area contributed by atoms with E-state index < -0.39 is 35.7 Å². The minimum atomic E-state index is -1.17. The van der Waals surface area contributed by atoms with Crippen LogP contribution in [0.5, 0.6) is 0 Å². The molecule has 1 aromatic rings. The van der Waals surface area contributed by atoms with Gasteiger partial charge in [0.25, 0.3) is 0 Å². The number of rotatable bonds is 6. The summed E-state index contributed by atoms with van der Waals surface area (Å²) in [6, 6.07) is 4.58. The number of hydrogen-bond acceptors (Lipinski definition) is 3. The Balaban J connectivity index is 2.86. The van der Waals surface area contributed by atoms with Gasteiger partial charge in [0.1, 0.15) is 18.4 Å². The number of carboxylic acids is 1. The maximum atomic E-state index is 13.0. The smallest absolute Gasteiger partial charge is 0.323 e. The predicted molar refractivity (Wildman–Crippen MR) is 86.5 cm³/mol. The van der Waals surface area contributed by atoms with Crippen molar-refractivity contribution < 1.29 is 23.9 Å². The summed E-state index contributed by atoms with van der Waals surface area (Å²) in [6.45, 7) is 6.16. The molecule has 2 N–H and O–H groups in total. The van der Waals surface area contributed by atoms with Crippen molar-refractivity contribution in [1.82, 2.24) is 10.2 Å². The van der Waals surface area contributed by atoms with Crippen LogP contribution in [0, 0.1) is 11.2 Å². The number of nitrogens with zero attached hydrogens (tertiary/aromatic N) is 1. The molecular weight excluding hydrogens is 315 g/mol. The van der Waals surface area contributed by atoms with Crippen LogP contribution in [-0.2, 0) is 20.9 Å². The van der Waals surface area contributed by atoms with Crippen LogP contribution in [0.1, 0.15) is 33.3 Å². The van der Waals surface area contributed by atoms with E-state index in [0.29, 0.717) is 5.56 Å². The molecule has 0 saturated heterocycles. The molecule has 1 atom stereocenters. The number of hydrogen-bond donors (Lipinski definition) is 2. The molecule has 0 spiro atoms. The molecule has 1 rings (SSSR count). The van der Waals surface area contributed by atoms with E-state index in [1.54, 1.807) is 20.8 Å². The maximum absolute atomic E-state index is 13.0. The first-order valence-electron chi connectivity index (χ1n) is 7.56. The molecular formula is C17H23FN2O4. The molecule has 1 aromatic carbocycles. The van der Waals surface area contributed by atoms with E-state index in [1.807, 2.05) is 0 Å². The molecule has 0 fully saturated rings. The Morgan fingerprint density at radius 3 is 2.21 bits per heavy atom. The van der Waals surface area contributed by atoms with Crippen LogP contribution in [0.25, 0.3) is 0 Å². The fourth-order valence-corrected chi connectivity index (χ4v) is 1.93. The molecule has 0 bridgehead atoms. The number of aliphatic carboxylic acids is 1. The van der Waals surface area contributed by atoms with Crippen LogP contribution in [-0.4, -0.2) is 40.4 Å². The fraction of sp³-hybridized carbons (Fsp3) is 0.471. The Kier molecular flexibility index (Phi) is 6.45. The molecule has 0 heterocycles. The lowest BCUT2D eigenvalue weighted by Gasteiger charge is -2.27. The zero-order valence-corrected chi connectivity index (χ0v) is 14.3. The molecule has 24 heavy (non-hydrogen) atoms. The van der Waals surface area contributed by atoms with E-state index in [2.05, 4.69) is 5.32 Å². The molecule has 2 amide bonds. The van der Waals surface area contributed by atoms with Crippen LogP contribution in [0.4, 0.5) is 4.39 Å². The zero-order valence-electron chi connectivity index (χ0n) is 14.3. The van der Waals surface area contributed by atoms with Gasteiger partial charge in [0.05, 0.1) is 0 Å². The highest BCUT2D eigenvalue weighted by atomic mass is 19.1. The van der Waals surface area contributed by atoms with Crippen molar-refractivity contribution >= 4 is 17.8 Å². The van der Waals surface area contributed by atoms with Crippen molar-refractivity contribution in [2.75, 3.05) is 6.54 Å². The molecule has 0 aromatic heterocycles. The number of nitrogens with one attached hydrogen (secondary N) is 1. The topological polar surface area (TPSA) is 86.7 Å². The second kappa shape index (κ2) is 7.90. The lowest BCUT2D eigenvalue weighted by Crippen LogP contribution is -2.50. The number of halogens is 1. The van der Waals surface area contributed by atoms with Crippen LogP contribution in [0.15, 0.2) is 24.3 Å². The van der Waals surface area contributed by atoms with Gasteiger partial charge >= 0.3 is 5.97 Å². The van der Waals surface area contributed by atoms with E-state index in [1.165, 1.54) is 31.2 Å². The van der Waals surface area contributed by atoms with Gasteiger partial charge in [0.15, 0.2) is 0 Å². The Bertz CT molecular complexity index is 608. The highest BCUT2D eigenvalue weighted by Crippen LogP contribution is 2.14. The van der Waals surface area contributed by atoms with Crippen LogP contribution in [0.3, 0.4) is 0 Å². The molecule has 0 aliphatic heterocycles. The summed E-state index contributed by atoms with van der Waals surface area (Å²) in [5.41, 5.74) is -0.0660. The zero-order chi connectivity index (χ0) is 18.5. The van der Waals surface area contributed by atoms with Crippen molar-refractivity contribution in [3.63, 3.8) is 0 Å². The largest absolute Gasteiger partial charge is 0.480 e. The Hall–Kier alpha value is -2.44. The van der Waals surface area contributed by atoms with Gasteiger partial charge in [-0.25, -0.2) is 4.39 Å². The number of benzene rings is 1. The van der Waals surface area contributed by atoms with Gasteiger partial charge in [-0.1, -0.05) is 32.9 Å². The molecule has 0 radical (unpaired) electrons. The third-order valence-corrected chi connectivity index (χ3v) is 3.32. The number of carbonyl (C=O) groups excluding carboxylic acids is 2. The van der Waals surface area contributed by atoms with Gasteiger partial charge in [-0.15, -0.1) is 0 Å².